The van der Waals surface area contributed by atoms with Crippen LogP contribution in [0.2, 0.25) is 0 Å². The van der Waals surface area contributed by atoms with Crippen LogP contribution < -0.4 is 27.0 Å². The molecule has 0 radical (unpaired) electrons. The van der Waals surface area contributed by atoms with Gasteiger partial charge in [0.25, 0.3) is 0 Å². The van der Waals surface area contributed by atoms with E-state index in [1.165, 1.54) is 20.8 Å². The third-order valence-electron chi connectivity index (χ3n) is 3.78. The van der Waals surface area contributed by atoms with Gasteiger partial charge in [-0.2, -0.15) is 0 Å². The van der Waals surface area contributed by atoms with Gasteiger partial charge in [-0.15, -0.1) is 0 Å². The Morgan fingerprint density at radius 2 is 1.24 bits per heavy atom. The second kappa shape index (κ2) is 11.9. The van der Waals surface area contributed by atoms with Gasteiger partial charge in [-0.05, 0) is 27.7 Å². The minimum atomic E-state index is -1.64. The van der Waals surface area contributed by atoms with E-state index in [1.54, 1.807) is 0 Å². The molecule has 6 atom stereocenters. The maximum Gasteiger partial charge on any atom is 0.328 e. The van der Waals surface area contributed by atoms with Crippen LogP contribution in [0.15, 0.2) is 0 Å². The van der Waals surface area contributed by atoms with Crippen molar-refractivity contribution in [2.24, 2.45) is 5.73 Å². The number of carbonyl (C=O) groups is 5. The SMILES string of the molecule is C[C@H](N)C(=O)N[C@@H](C)C(=O)N[C@@H](C)C(=O)N[C@@H](CO)C(=O)N[C@H](C(=O)O)[C@@H](C)O. The van der Waals surface area contributed by atoms with Crippen LogP contribution in [-0.2, 0) is 24.0 Å². The summed E-state index contributed by atoms with van der Waals surface area (Å²) in [4.78, 5) is 58.8. The van der Waals surface area contributed by atoms with Gasteiger partial charge in [-0.3, -0.25) is 19.2 Å². The zero-order valence-electron chi connectivity index (χ0n) is 16.6. The van der Waals surface area contributed by atoms with Gasteiger partial charge in [0.1, 0.15) is 18.1 Å². The molecule has 4 amide bonds. The van der Waals surface area contributed by atoms with E-state index in [-0.39, 0.29) is 0 Å². The maximum atomic E-state index is 12.2. The third kappa shape index (κ3) is 8.85. The van der Waals surface area contributed by atoms with Crippen molar-refractivity contribution in [3.8, 4) is 0 Å². The van der Waals surface area contributed by atoms with Crippen LogP contribution in [0.5, 0.6) is 0 Å². The number of aliphatic hydroxyl groups excluding tert-OH is 2. The molecule has 0 aromatic heterocycles. The van der Waals surface area contributed by atoms with E-state index in [9.17, 15) is 34.2 Å². The molecular weight excluding hydrogens is 390 g/mol. The van der Waals surface area contributed by atoms with E-state index in [2.05, 4.69) is 16.0 Å². The van der Waals surface area contributed by atoms with Crippen LogP contribution in [0.1, 0.15) is 27.7 Å². The van der Waals surface area contributed by atoms with Gasteiger partial charge in [-0.1, -0.05) is 0 Å². The summed E-state index contributed by atoms with van der Waals surface area (Å²) < 4.78 is 0. The van der Waals surface area contributed by atoms with Gasteiger partial charge in [0.2, 0.25) is 23.6 Å². The molecule has 29 heavy (non-hydrogen) atoms. The largest absolute Gasteiger partial charge is 0.480 e. The summed E-state index contributed by atoms with van der Waals surface area (Å²) in [5.41, 5.74) is 5.38. The quantitative estimate of drug-likeness (QED) is 0.162. The molecule has 13 heteroatoms. The van der Waals surface area contributed by atoms with E-state index in [0.717, 1.165) is 6.92 Å². The highest BCUT2D eigenvalue weighted by atomic mass is 16.4. The van der Waals surface area contributed by atoms with Crippen LogP contribution in [0.3, 0.4) is 0 Å². The predicted molar refractivity (Wildman–Crippen MR) is 99.1 cm³/mol. The zero-order valence-corrected chi connectivity index (χ0v) is 16.6. The maximum absolute atomic E-state index is 12.2. The molecule has 0 saturated carbocycles. The van der Waals surface area contributed by atoms with Crippen molar-refractivity contribution >= 4 is 29.6 Å². The normalized spacial score (nSPS) is 16.9. The third-order valence-corrected chi connectivity index (χ3v) is 3.78. The van der Waals surface area contributed by atoms with E-state index in [1.807, 2.05) is 5.32 Å². The summed E-state index contributed by atoms with van der Waals surface area (Å²) in [6, 6.07) is -6.11. The minimum absolute atomic E-state index is 0.562. The Balaban J connectivity index is 4.84. The molecule has 0 aliphatic rings. The van der Waals surface area contributed by atoms with Gasteiger partial charge < -0.3 is 42.3 Å². The number of nitrogens with two attached hydrogens (primary N) is 1. The fraction of sp³-hybridized carbons (Fsp3) is 0.688. The summed E-state index contributed by atoms with van der Waals surface area (Å²) in [6.45, 7) is 4.41. The van der Waals surface area contributed by atoms with Crippen molar-refractivity contribution in [1.82, 2.24) is 21.3 Å². The molecule has 13 nitrogen and oxygen atoms in total. The molecular formula is C16H29N5O8. The lowest BCUT2D eigenvalue weighted by molar-refractivity contribution is -0.145. The fourth-order valence-corrected chi connectivity index (χ4v) is 1.95. The second-order valence-electron chi connectivity index (χ2n) is 6.56. The number of amides is 4. The van der Waals surface area contributed by atoms with Crippen molar-refractivity contribution in [3.05, 3.63) is 0 Å². The van der Waals surface area contributed by atoms with Crippen molar-refractivity contribution in [2.75, 3.05) is 6.61 Å². The van der Waals surface area contributed by atoms with E-state index >= 15 is 0 Å². The van der Waals surface area contributed by atoms with Crippen molar-refractivity contribution < 1.29 is 39.3 Å². The Hall–Kier alpha value is -2.77. The summed E-state index contributed by atoms with van der Waals surface area (Å²) in [5.74, 6) is -4.63. The Kier molecular flexibility index (Phi) is 10.8. The van der Waals surface area contributed by atoms with Crippen LogP contribution in [0.4, 0.5) is 0 Å². The van der Waals surface area contributed by atoms with E-state index in [4.69, 9.17) is 10.8 Å². The highest BCUT2D eigenvalue weighted by Gasteiger charge is 2.30. The van der Waals surface area contributed by atoms with Gasteiger partial charge >= 0.3 is 5.97 Å². The van der Waals surface area contributed by atoms with Gasteiger partial charge in [0.05, 0.1) is 18.8 Å². The molecule has 0 unspecified atom stereocenters. The topological polar surface area (TPSA) is 220 Å². The number of hydrogen-bond donors (Lipinski definition) is 8. The number of rotatable bonds is 11. The van der Waals surface area contributed by atoms with Crippen LogP contribution >= 0.6 is 0 Å². The van der Waals surface area contributed by atoms with Crippen molar-refractivity contribution in [3.63, 3.8) is 0 Å². The smallest absolute Gasteiger partial charge is 0.328 e. The number of aliphatic hydroxyl groups is 2. The minimum Gasteiger partial charge on any atom is -0.480 e. The zero-order chi connectivity index (χ0) is 22.9. The highest BCUT2D eigenvalue weighted by Crippen LogP contribution is 1.96. The summed E-state index contributed by atoms with van der Waals surface area (Å²) in [5, 5.41) is 36.4. The van der Waals surface area contributed by atoms with Crippen LogP contribution in [0, 0.1) is 0 Å². The molecule has 0 bridgehead atoms. The summed E-state index contributed by atoms with van der Waals surface area (Å²) in [6.07, 6.45) is -1.42. The van der Waals surface area contributed by atoms with Crippen LogP contribution in [-0.4, -0.2) is 87.8 Å². The average molecular weight is 419 g/mol. The first-order chi connectivity index (χ1) is 13.3. The Labute approximate surface area is 167 Å². The van der Waals surface area contributed by atoms with E-state index < -0.39 is 72.5 Å². The first-order valence-corrected chi connectivity index (χ1v) is 8.80. The number of nitrogens with one attached hydrogen (secondary N) is 4. The number of carboxylic acid groups (broad SMARTS) is 1. The molecule has 166 valence electrons. The lowest BCUT2D eigenvalue weighted by Gasteiger charge is -2.23. The molecule has 0 fully saturated rings. The number of hydrogen-bond acceptors (Lipinski definition) is 8. The number of carboxylic acids is 1. The molecule has 0 aliphatic heterocycles. The molecule has 0 aromatic carbocycles. The highest BCUT2D eigenvalue weighted by molar-refractivity contribution is 5.95. The van der Waals surface area contributed by atoms with Gasteiger partial charge in [0, 0.05) is 0 Å². The second-order valence-corrected chi connectivity index (χ2v) is 6.56. The fourth-order valence-electron chi connectivity index (χ4n) is 1.95. The first kappa shape index (κ1) is 26.2. The summed E-state index contributed by atoms with van der Waals surface area (Å²) in [7, 11) is 0. The summed E-state index contributed by atoms with van der Waals surface area (Å²) >= 11 is 0. The lowest BCUT2D eigenvalue weighted by atomic mass is 10.1. The molecule has 0 spiro atoms. The predicted octanol–water partition coefficient (Wildman–Crippen LogP) is -4.23. The Morgan fingerprint density at radius 3 is 1.62 bits per heavy atom. The Bertz CT molecular complexity index is 624. The molecule has 0 saturated heterocycles. The van der Waals surface area contributed by atoms with Crippen molar-refractivity contribution in [2.45, 2.75) is 64.0 Å². The first-order valence-electron chi connectivity index (χ1n) is 8.80. The van der Waals surface area contributed by atoms with Crippen molar-refractivity contribution in [1.29, 1.82) is 0 Å². The molecule has 0 rings (SSSR count). The molecule has 9 N–H and O–H groups in total. The van der Waals surface area contributed by atoms with E-state index in [0.29, 0.717) is 0 Å². The van der Waals surface area contributed by atoms with Crippen LogP contribution in [0.25, 0.3) is 0 Å². The standard InChI is InChI=1S/C16H29N5O8/c1-6(17)12(24)18-7(2)13(25)19-8(3)14(26)20-10(5-22)15(27)21-11(9(4)23)16(28)29/h6-11,22-23H,5,17H2,1-4H3,(H,18,24)(H,19,25)(H,20,26)(H,21,27)(H,28,29)/t6-,7-,8-,9+,10-,11-/m0/s1. The lowest BCUT2D eigenvalue weighted by Crippen LogP contribution is -2.59. The number of carbonyl (C=O) groups excluding carboxylic acids is 4. The van der Waals surface area contributed by atoms with Gasteiger partial charge in [-0.25, -0.2) is 4.79 Å². The molecule has 0 aromatic rings. The molecule has 0 heterocycles. The Morgan fingerprint density at radius 1 is 0.793 bits per heavy atom. The average Bonchev–Trinajstić information content (AvgIpc) is 2.62. The van der Waals surface area contributed by atoms with Gasteiger partial charge in [0.15, 0.2) is 6.04 Å². The monoisotopic (exact) mass is 419 g/mol. The number of aliphatic carboxylic acids is 1. The molecule has 0 aliphatic carbocycles.